The van der Waals surface area contributed by atoms with Crippen molar-refractivity contribution in [2.45, 2.75) is 32.6 Å². The van der Waals surface area contributed by atoms with E-state index in [1.165, 1.54) is 0 Å². The summed E-state index contributed by atoms with van der Waals surface area (Å²) in [6.07, 6.45) is 2.82. The number of carboxylic acid groups (broad SMARTS) is 1. The second kappa shape index (κ2) is 4.97. The Balaban J connectivity index is 3.31. The molecule has 0 aliphatic carbocycles. The maximum absolute atomic E-state index is 10.4. The Kier molecular flexibility index (Phi) is 4.54. The minimum absolute atomic E-state index is 0.184. The molecule has 0 atom stereocenters. The molecule has 0 aliphatic heterocycles. The zero-order valence-corrected chi connectivity index (χ0v) is 6.09. The number of carboxylic acids is 1. The number of Topliss-reactive ketones (excluding diaryl/α,β-unsaturated/α-hetero) is 1. The third-order valence-electron chi connectivity index (χ3n) is 1.25. The third kappa shape index (κ3) is 4.06. The van der Waals surface area contributed by atoms with Crippen LogP contribution in [0.25, 0.3) is 0 Å². The van der Waals surface area contributed by atoms with Crippen LogP contribution < -0.4 is 0 Å². The van der Waals surface area contributed by atoms with E-state index >= 15 is 0 Å². The highest BCUT2D eigenvalue weighted by atomic mass is 16.4. The standard InChI is InChI=1S/C7H12O3/c1-2-3-4-5-6(8)7(9)10/h2-5H2,1H3,(H,9,10). The van der Waals surface area contributed by atoms with Gasteiger partial charge in [0.05, 0.1) is 0 Å². The summed E-state index contributed by atoms with van der Waals surface area (Å²) in [6.45, 7) is 2.01. The first-order chi connectivity index (χ1) is 4.68. The molecular formula is C7H12O3. The minimum atomic E-state index is -1.31. The summed E-state index contributed by atoms with van der Waals surface area (Å²) in [6, 6.07) is 0. The molecule has 0 amide bonds. The van der Waals surface area contributed by atoms with Gasteiger partial charge in [0.15, 0.2) is 0 Å². The van der Waals surface area contributed by atoms with Crippen molar-refractivity contribution in [2.75, 3.05) is 0 Å². The summed E-state index contributed by atoms with van der Waals surface area (Å²) in [4.78, 5) is 20.4. The number of hydrogen-bond donors (Lipinski definition) is 1. The molecule has 0 spiro atoms. The van der Waals surface area contributed by atoms with E-state index in [0.717, 1.165) is 12.8 Å². The molecule has 0 aromatic carbocycles. The van der Waals surface area contributed by atoms with Gasteiger partial charge in [-0.15, -0.1) is 0 Å². The first-order valence-corrected chi connectivity index (χ1v) is 3.44. The maximum atomic E-state index is 10.4. The molecule has 0 heterocycles. The molecule has 1 N–H and O–H groups in total. The largest absolute Gasteiger partial charge is 0.476 e. The Bertz CT molecular complexity index is 129. The van der Waals surface area contributed by atoms with Crippen LogP contribution in [-0.4, -0.2) is 16.9 Å². The van der Waals surface area contributed by atoms with Gasteiger partial charge < -0.3 is 5.11 Å². The molecule has 0 radical (unpaired) electrons. The Hall–Kier alpha value is -0.860. The summed E-state index contributed by atoms with van der Waals surface area (Å²) in [7, 11) is 0. The van der Waals surface area contributed by atoms with Crippen molar-refractivity contribution in [1.29, 1.82) is 0 Å². The van der Waals surface area contributed by atoms with Gasteiger partial charge >= 0.3 is 5.97 Å². The van der Waals surface area contributed by atoms with E-state index in [2.05, 4.69) is 0 Å². The first kappa shape index (κ1) is 9.14. The summed E-state index contributed by atoms with van der Waals surface area (Å²) in [5.74, 6) is -1.98. The number of rotatable bonds is 5. The molecule has 0 unspecified atom stereocenters. The van der Waals surface area contributed by atoms with Crippen LogP contribution in [0, 0.1) is 0 Å². The molecular weight excluding hydrogens is 132 g/mol. The van der Waals surface area contributed by atoms with Crippen LogP contribution in [0.1, 0.15) is 32.6 Å². The molecule has 0 aromatic rings. The predicted molar refractivity (Wildman–Crippen MR) is 36.8 cm³/mol. The van der Waals surface area contributed by atoms with Crippen molar-refractivity contribution < 1.29 is 14.7 Å². The van der Waals surface area contributed by atoms with E-state index in [9.17, 15) is 9.59 Å². The lowest BCUT2D eigenvalue weighted by Crippen LogP contribution is -2.11. The maximum Gasteiger partial charge on any atom is 0.372 e. The molecule has 3 nitrogen and oxygen atoms in total. The Morgan fingerprint density at radius 2 is 1.90 bits per heavy atom. The highest BCUT2D eigenvalue weighted by Crippen LogP contribution is 1.98. The average molecular weight is 144 g/mol. The van der Waals surface area contributed by atoms with E-state index in [0.29, 0.717) is 6.42 Å². The lowest BCUT2D eigenvalue weighted by Gasteiger charge is -1.92. The number of hydrogen-bond acceptors (Lipinski definition) is 2. The van der Waals surface area contributed by atoms with Gasteiger partial charge in [0.1, 0.15) is 0 Å². The number of aliphatic carboxylic acids is 1. The topological polar surface area (TPSA) is 54.4 Å². The van der Waals surface area contributed by atoms with Gasteiger partial charge in [-0.2, -0.15) is 0 Å². The normalized spacial score (nSPS) is 9.30. The van der Waals surface area contributed by atoms with Crippen molar-refractivity contribution >= 4 is 11.8 Å². The van der Waals surface area contributed by atoms with Gasteiger partial charge in [-0.3, -0.25) is 4.79 Å². The van der Waals surface area contributed by atoms with E-state index in [1.807, 2.05) is 6.92 Å². The highest BCUT2D eigenvalue weighted by molar-refractivity contribution is 6.32. The van der Waals surface area contributed by atoms with Gasteiger partial charge in [-0.25, -0.2) is 4.79 Å². The van der Waals surface area contributed by atoms with Crippen LogP contribution in [0.5, 0.6) is 0 Å². The van der Waals surface area contributed by atoms with E-state index in [-0.39, 0.29) is 6.42 Å². The number of unbranched alkanes of at least 4 members (excludes halogenated alkanes) is 2. The van der Waals surface area contributed by atoms with Gasteiger partial charge in [0.2, 0.25) is 5.78 Å². The molecule has 58 valence electrons. The van der Waals surface area contributed by atoms with Crippen molar-refractivity contribution in [1.82, 2.24) is 0 Å². The Labute approximate surface area is 60.0 Å². The Morgan fingerprint density at radius 3 is 2.30 bits per heavy atom. The molecule has 0 aliphatic rings. The van der Waals surface area contributed by atoms with Crippen molar-refractivity contribution in [3.8, 4) is 0 Å². The fourth-order valence-corrected chi connectivity index (χ4v) is 0.642. The molecule has 0 saturated carbocycles. The van der Waals surface area contributed by atoms with Crippen molar-refractivity contribution in [3.63, 3.8) is 0 Å². The van der Waals surface area contributed by atoms with Gasteiger partial charge in [0, 0.05) is 6.42 Å². The van der Waals surface area contributed by atoms with Crippen LogP contribution in [-0.2, 0) is 9.59 Å². The fraction of sp³-hybridized carbons (Fsp3) is 0.714. The van der Waals surface area contributed by atoms with Crippen molar-refractivity contribution in [3.05, 3.63) is 0 Å². The van der Waals surface area contributed by atoms with Crippen LogP contribution in [0.15, 0.2) is 0 Å². The van der Waals surface area contributed by atoms with Crippen LogP contribution in [0.4, 0.5) is 0 Å². The van der Waals surface area contributed by atoms with Gasteiger partial charge in [-0.05, 0) is 6.42 Å². The lowest BCUT2D eigenvalue weighted by molar-refractivity contribution is -0.149. The third-order valence-corrected chi connectivity index (χ3v) is 1.25. The van der Waals surface area contributed by atoms with Crippen LogP contribution in [0.2, 0.25) is 0 Å². The number of carbonyl (C=O) groups is 2. The molecule has 3 heteroatoms. The molecule has 10 heavy (non-hydrogen) atoms. The van der Waals surface area contributed by atoms with Crippen molar-refractivity contribution in [2.24, 2.45) is 0 Å². The average Bonchev–Trinajstić information content (AvgIpc) is 1.88. The molecule has 0 rings (SSSR count). The fourth-order valence-electron chi connectivity index (χ4n) is 0.642. The van der Waals surface area contributed by atoms with Crippen LogP contribution in [0.3, 0.4) is 0 Å². The smallest absolute Gasteiger partial charge is 0.372 e. The summed E-state index contributed by atoms with van der Waals surface area (Å²) in [5, 5.41) is 8.13. The van der Waals surface area contributed by atoms with E-state index in [4.69, 9.17) is 5.11 Å². The second-order valence-corrected chi connectivity index (χ2v) is 2.19. The lowest BCUT2D eigenvalue weighted by atomic mass is 10.1. The van der Waals surface area contributed by atoms with Gasteiger partial charge in [0.25, 0.3) is 0 Å². The highest BCUT2D eigenvalue weighted by Gasteiger charge is 2.08. The SMILES string of the molecule is CCCCCC(=O)C(=O)O. The minimum Gasteiger partial charge on any atom is -0.476 e. The van der Waals surface area contributed by atoms with Gasteiger partial charge in [-0.1, -0.05) is 19.8 Å². The summed E-state index contributed by atoms with van der Waals surface area (Å²) >= 11 is 0. The monoisotopic (exact) mass is 144 g/mol. The molecule has 0 bridgehead atoms. The zero-order valence-electron chi connectivity index (χ0n) is 6.09. The number of ketones is 1. The van der Waals surface area contributed by atoms with E-state index < -0.39 is 11.8 Å². The predicted octanol–water partition coefficient (Wildman–Crippen LogP) is 1.22. The molecule has 0 aromatic heterocycles. The molecule has 0 fully saturated rings. The Morgan fingerprint density at radius 1 is 1.30 bits per heavy atom. The van der Waals surface area contributed by atoms with Crippen LogP contribution >= 0.6 is 0 Å². The first-order valence-electron chi connectivity index (χ1n) is 3.44. The second-order valence-electron chi connectivity index (χ2n) is 2.19. The zero-order chi connectivity index (χ0) is 7.98. The quantitative estimate of drug-likeness (QED) is 0.466. The van der Waals surface area contributed by atoms with E-state index in [1.54, 1.807) is 0 Å². The summed E-state index contributed by atoms with van der Waals surface area (Å²) < 4.78 is 0. The number of carbonyl (C=O) groups excluding carboxylic acids is 1. The summed E-state index contributed by atoms with van der Waals surface area (Å²) in [5.41, 5.74) is 0. The molecule has 0 saturated heterocycles.